The molecule has 16 heavy (non-hydrogen) atoms. The van der Waals surface area contributed by atoms with Crippen LogP contribution in [0.15, 0.2) is 0 Å². The highest BCUT2D eigenvalue weighted by Gasteiger charge is 2.23. The predicted octanol–water partition coefficient (Wildman–Crippen LogP) is 0.994. The predicted molar refractivity (Wildman–Crippen MR) is 61.0 cm³/mol. The summed E-state index contributed by atoms with van der Waals surface area (Å²) in [6.07, 6.45) is 9.42. The maximum absolute atomic E-state index is 12.0. The van der Waals surface area contributed by atoms with Crippen molar-refractivity contribution in [1.29, 1.82) is 0 Å². The van der Waals surface area contributed by atoms with Gasteiger partial charge in [-0.3, -0.25) is 9.89 Å². The number of hydrogen-bond donors (Lipinski definition) is 1. The second-order valence-electron chi connectivity index (χ2n) is 4.10. The number of hydrogen-bond acceptors (Lipinski definition) is 2. The van der Waals surface area contributed by atoms with Crippen LogP contribution in [0.4, 0.5) is 0 Å². The molecule has 0 aliphatic heterocycles. The molecule has 1 aromatic rings. The summed E-state index contributed by atoms with van der Waals surface area (Å²) >= 11 is 0. The number of nitrogens with one attached hydrogen (secondary N) is 1. The molecular weight excluding hydrogens is 202 g/mol. The first-order chi connectivity index (χ1) is 7.74. The molecule has 1 heterocycles. The number of nitrogens with zero attached hydrogens (tertiary/aromatic N) is 2. The number of rotatable bonds is 2. The molecule has 0 unspecified atom stereocenters. The van der Waals surface area contributed by atoms with Crippen molar-refractivity contribution in [3.63, 3.8) is 0 Å². The topological polar surface area (TPSA) is 49.0 Å². The number of carbonyl (C=O) groups is 1. The van der Waals surface area contributed by atoms with Gasteiger partial charge >= 0.3 is 0 Å². The van der Waals surface area contributed by atoms with Crippen LogP contribution in [-0.4, -0.2) is 34.6 Å². The lowest BCUT2D eigenvalue weighted by Crippen LogP contribution is -2.28. The van der Waals surface area contributed by atoms with Crippen LogP contribution < -0.4 is 0 Å². The van der Waals surface area contributed by atoms with Gasteiger partial charge < -0.3 is 4.90 Å². The fraction of sp³-hybridized carbons (Fsp3) is 0.500. The highest BCUT2D eigenvalue weighted by molar-refractivity contribution is 5.94. The van der Waals surface area contributed by atoms with Crippen LogP contribution in [0.3, 0.4) is 0 Å². The van der Waals surface area contributed by atoms with Gasteiger partial charge in [-0.15, -0.1) is 6.42 Å². The van der Waals surface area contributed by atoms with Crippen molar-refractivity contribution < 1.29 is 4.79 Å². The van der Waals surface area contributed by atoms with Crippen LogP contribution in [0.25, 0.3) is 0 Å². The van der Waals surface area contributed by atoms with Gasteiger partial charge in [0.05, 0.1) is 6.54 Å². The van der Waals surface area contributed by atoms with Crippen molar-refractivity contribution in [3.05, 3.63) is 17.0 Å². The van der Waals surface area contributed by atoms with E-state index < -0.39 is 0 Å². The molecule has 84 valence electrons. The van der Waals surface area contributed by atoms with Crippen LogP contribution in [-0.2, 0) is 12.8 Å². The molecule has 2 rings (SSSR count). The monoisotopic (exact) mass is 217 g/mol. The molecule has 4 heteroatoms. The van der Waals surface area contributed by atoms with E-state index in [9.17, 15) is 4.79 Å². The molecule has 1 aliphatic carbocycles. The number of carbonyl (C=O) groups excluding carboxylic acids is 1. The lowest BCUT2D eigenvalue weighted by atomic mass is 9.95. The second-order valence-corrected chi connectivity index (χ2v) is 4.10. The van der Waals surface area contributed by atoms with Crippen LogP contribution in [0, 0.1) is 12.3 Å². The average molecular weight is 217 g/mol. The third-order valence-corrected chi connectivity index (χ3v) is 2.93. The summed E-state index contributed by atoms with van der Waals surface area (Å²) in [5, 5.41) is 7.07. The number of terminal acetylenes is 1. The minimum atomic E-state index is -0.0858. The zero-order chi connectivity index (χ0) is 11.5. The molecule has 0 radical (unpaired) electrons. The molecular formula is C12H15N3O. The third-order valence-electron chi connectivity index (χ3n) is 2.93. The standard InChI is InChI=1S/C12H15N3O/c1-3-8-15(2)12(16)11-9-6-4-5-7-10(9)13-14-11/h1H,4-8H2,2H3,(H,13,14). The van der Waals surface area contributed by atoms with Crippen LogP contribution in [0.5, 0.6) is 0 Å². The summed E-state index contributed by atoms with van der Waals surface area (Å²) in [5.74, 6) is 2.37. The molecule has 1 amide bonds. The number of aryl methyl sites for hydroxylation is 1. The number of aromatic nitrogens is 2. The van der Waals surface area contributed by atoms with Crippen LogP contribution >= 0.6 is 0 Å². The van der Waals surface area contributed by atoms with E-state index in [1.807, 2.05) is 0 Å². The molecule has 1 N–H and O–H groups in total. The zero-order valence-electron chi connectivity index (χ0n) is 9.42. The van der Waals surface area contributed by atoms with Gasteiger partial charge in [0.25, 0.3) is 5.91 Å². The Morgan fingerprint density at radius 2 is 2.31 bits per heavy atom. The van der Waals surface area contributed by atoms with Crippen LogP contribution in [0.1, 0.15) is 34.6 Å². The number of amides is 1. The number of fused-ring (bicyclic) bond motifs is 1. The Balaban J connectivity index is 2.24. The third kappa shape index (κ3) is 1.81. The molecule has 1 aromatic heterocycles. The van der Waals surface area contributed by atoms with E-state index in [1.165, 1.54) is 11.3 Å². The fourth-order valence-electron chi connectivity index (χ4n) is 2.05. The van der Waals surface area contributed by atoms with E-state index in [0.29, 0.717) is 12.2 Å². The van der Waals surface area contributed by atoms with Crippen molar-refractivity contribution in [3.8, 4) is 12.3 Å². The van der Waals surface area contributed by atoms with Gasteiger partial charge in [-0.05, 0) is 25.7 Å². The molecule has 0 saturated carbocycles. The zero-order valence-corrected chi connectivity index (χ0v) is 9.42. The normalized spacial score (nSPS) is 14.0. The van der Waals surface area contributed by atoms with Gasteiger partial charge in [-0.2, -0.15) is 5.10 Å². The molecule has 0 bridgehead atoms. The Labute approximate surface area is 95.0 Å². The summed E-state index contributed by atoms with van der Waals surface area (Å²) < 4.78 is 0. The fourth-order valence-corrected chi connectivity index (χ4v) is 2.05. The molecule has 0 atom stereocenters. The maximum Gasteiger partial charge on any atom is 0.275 e. The van der Waals surface area contributed by atoms with E-state index in [-0.39, 0.29) is 5.91 Å². The van der Waals surface area contributed by atoms with E-state index >= 15 is 0 Å². The summed E-state index contributed by atoms with van der Waals surface area (Å²) in [6, 6.07) is 0. The number of aromatic amines is 1. The maximum atomic E-state index is 12.0. The SMILES string of the molecule is C#CCN(C)C(=O)c1n[nH]c2c1CCCC2. The highest BCUT2D eigenvalue weighted by Crippen LogP contribution is 2.22. The van der Waals surface area contributed by atoms with E-state index in [4.69, 9.17) is 6.42 Å². The smallest absolute Gasteiger partial charge is 0.275 e. The minimum absolute atomic E-state index is 0.0858. The van der Waals surface area contributed by atoms with Gasteiger partial charge in [0.15, 0.2) is 5.69 Å². The Kier molecular flexibility index (Phi) is 2.95. The first-order valence-corrected chi connectivity index (χ1v) is 5.49. The van der Waals surface area contributed by atoms with Gasteiger partial charge in [-0.25, -0.2) is 0 Å². The van der Waals surface area contributed by atoms with E-state index in [1.54, 1.807) is 7.05 Å². The second kappa shape index (κ2) is 4.40. The quantitative estimate of drug-likeness (QED) is 0.751. The van der Waals surface area contributed by atoms with Crippen molar-refractivity contribution in [1.82, 2.24) is 15.1 Å². The summed E-state index contributed by atoms with van der Waals surface area (Å²) in [7, 11) is 1.70. The number of H-pyrrole nitrogens is 1. The first kappa shape index (κ1) is 10.7. The summed E-state index contributed by atoms with van der Waals surface area (Å²) in [6.45, 7) is 0.320. The first-order valence-electron chi connectivity index (χ1n) is 5.49. The summed E-state index contributed by atoms with van der Waals surface area (Å²) in [5.41, 5.74) is 2.75. The van der Waals surface area contributed by atoms with Crippen LogP contribution in [0.2, 0.25) is 0 Å². The molecule has 4 nitrogen and oxygen atoms in total. The lowest BCUT2D eigenvalue weighted by molar-refractivity contribution is 0.0805. The van der Waals surface area contributed by atoms with Crippen molar-refractivity contribution in [2.75, 3.05) is 13.6 Å². The molecule has 0 fully saturated rings. The molecule has 0 spiro atoms. The van der Waals surface area contributed by atoms with E-state index in [2.05, 4.69) is 16.1 Å². The average Bonchev–Trinajstić information content (AvgIpc) is 2.72. The van der Waals surface area contributed by atoms with Crippen molar-refractivity contribution >= 4 is 5.91 Å². The van der Waals surface area contributed by atoms with Gasteiger partial charge in [-0.1, -0.05) is 5.92 Å². The van der Waals surface area contributed by atoms with Gasteiger partial charge in [0, 0.05) is 18.3 Å². The Bertz CT molecular complexity index is 442. The Morgan fingerprint density at radius 3 is 3.06 bits per heavy atom. The van der Waals surface area contributed by atoms with Crippen molar-refractivity contribution in [2.45, 2.75) is 25.7 Å². The summed E-state index contributed by atoms with van der Waals surface area (Å²) in [4.78, 5) is 13.5. The van der Waals surface area contributed by atoms with Gasteiger partial charge in [0.1, 0.15) is 0 Å². The van der Waals surface area contributed by atoms with Crippen molar-refractivity contribution in [2.24, 2.45) is 0 Å². The molecule has 1 aliphatic rings. The molecule has 0 saturated heterocycles. The Morgan fingerprint density at radius 1 is 1.56 bits per heavy atom. The van der Waals surface area contributed by atoms with E-state index in [0.717, 1.165) is 30.5 Å². The van der Waals surface area contributed by atoms with Gasteiger partial charge in [0.2, 0.25) is 0 Å². The minimum Gasteiger partial charge on any atom is -0.329 e. The Hall–Kier alpha value is -1.76. The molecule has 0 aromatic carbocycles. The largest absolute Gasteiger partial charge is 0.329 e. The highest BCUT2D eigenvalue weighted by atomic mass is 16.2. The lowest BCUT2D eigenvalue weighted by Gasteiger charge is -2.15.